The van der Waals surface area contributed by atoms with E-state index in [-0.39, 0.29) is 11.8 Å². The predicted octanol–water partition coefficient (Wildman–Crippen LogP) is 1.83. The molecule has 1 heterocycles. The van der Waals surface area contributed by atoms with Crippen molar-refractivity contribution in [3.63, 3.8) is 0 Å². The Labute approximate surface area is 135 Å². The van der Waals surface area contributed by atoms with Crippen LogP contribution in [-0.4, -0.2) is 54.8 Å². The molecule has 3 rings (SSSR count). The monoisotopic (exact) mass is 321 g/mol. The number of carbonyl (C=O) groups excluding carboxylic acids is 2. The van der Waals surface area contributed by atoms with Crippen molar-refractivity contribution >= 4 is 29.1 Å². The van der Waals surface area contributed by atoms with E-state index in [4.69, 9.17) is 11.6 Å². The molecule has 2 amide bonds. The number of likely N-dealkylation sites (N-methyl/N-ethyl adjacent to an activating group) is 1. The normalized spacial score (nSPS) is 20.5. The van der Waals surface area contributed by atoms with Crippen molar-refractivity contribution in [3.05, 3.63) is 29.3 Å². The molecule has 0 radical (unpaired) electrons. The van der Waals surface area contributed by atoms with Crippen molar-refractivity contribution < 1.29 is 9.59 Å². The van der Waals surface area contributed by atoms with E-state index in [1.807, 2.05) is 18.0 Å². The number of carbonyl (C=O) groups is 2. The maximum Gasteiger partial charge on any atom is 0.240 e. The molecule has 2 fully saturated rings. The maximum absolute atomic E-state index is 12.7. The summed E-state index contributed by atoms with van der Waals surface area (Å²) in [6.07, 6.45) is 1.24. The molecule has 5 nitrogen and oxygen atoms in total. The molecule has 0 unspecified atom stereocenters. The first kappa shape index (κ1) is 15.3. The lowest BCUT2D eigenvalue weighted by Gasteiger charge is -2.34. The van der Waals surface area contributed by atoms with Crippen molar-refractivity contribution in [3.8, 4) is 0 Å². The quantitative estimate of drug-likeness (QED) is 0.864. The molecule has 1 saturated carbocycles. The van der Waals surface area contributed by atoms with E-state index < -0.39 is 5.41 Å². The number of para-hydroxylation sites is 1. The number of amides is 2. The second-order valence-corrected chi connectivity index (χ2v) is 6.52. The first-order valence-electron chi connectivity index (χ1n) is 7.57. The first-order valence-corrected chi connectivity index (χ1v) is 7.95. The summed E-state index contributed by atoms with van der Waals surface area (Å²) >= 11 is 6.07. The Morgan fingerprint density at radius 3 is 2.36 bits per heavy atom. The summed E-state index contributed by atoms with van der Waals surface area (Å²) in [5, 5.41) is 3.30. The molecule has 1 aromatic rings. The smallest absolute Gasteiger partial charge is 0.240 e. The Morgan fingerprint density at radius 1 is 1.14 bits per heavy atom. The van der Waals surface area contributed by atoms with Crippen LogP contribution in [0.4, 0.5) is 5.69 Å². The van der Waals surface area contributed by atoms with Gasteiger partial charge in [0.15, 0.2) is 0 Å². The molecule has 2 aliphatic rings. The minimum absolute atomic E-state index is 0.0369. The predicted molar refractivity (Wildman–Crippen MR) is 85.8 cm³/mol. The lowest BCUT2D eigenvalue weighted by molar-refractivity contribution is -0.143. The van der Waals surface area contributed by atoms with Gasteiger partial charge in [-0.05, 0) is 32.0 Å². The molecule has 1 saturated heterocycles. The van der Waals surface area contributed by atoms with Crippen LogP contribution in [0.1, 0.15) is 12.8 Å². The Balaban J connectivity index is 1.69. The molecule has 118 valence electrons. The number of hydrogen-bond acceptors (Lipinski definition) is 3. The molecule has 22 heavy (non-hydrogen) atoms. The number of nitrogens with one attached hydrogen (secondary N) is 1. The topological polar surface area (TPSA) is 52.7 Å². The Bertz CT molecular complexity index is 593. The van der Waals surface area contributed by atoms with Gasteiger partial charge in [0.1, 0.15) is 5.41 Å². The van der Waals surface area contributed by atoms with Crippen LogP contribution in [0.3, 0.4) is 0 Å². The van der Waals surface area contributed by atoms with Crippen LogP contribution in [0.5, 0.6) is 0 Å². The molecule has 0 atom stereocenters. The summed E-state index contributed by atoms with van der Waals surface area (Å²) < 4.78 is 0. The Hall–Kier alpha value is -1.59. The van der Waals surface area contributed by atoms with Crippen molar-refractivity contribution in [1.82, 2.24) is 9.80 Å². The van der Waals surface area contributed by atoms with Gasteiger partial charge in [-0.3, -0.25) is 9.59 Å². The summed E-state index contributed by atoms with van der Waals surface area (Å²) in [6, 6.07) is 7.08. The molecule has 0 aromatic heterocycles. The van der Waals surface area contributed by atoms with Crippen molar-refractivity contribution in [2.75, 3.05) is 38.5 Å². The van der Waals surface area contributed by atoms with Gasteiger partial charge in [-0.15, -0.1) is 0 Å². The van der Waals surface area contributed by atoms with Gasteiger partial charge in [0.25, 0.3) is 0 Å². The van der Waals surface area contributed by atoms with Crippen LogP contribution in [-0.2, 0) is 9.59 Å². The molecular weight excluding hydrogens is 302 g/mol. The van der Waals surface area contributed by atoms with E-state index in [2.05, 4.69) is 10.2 Å². The second-order valence-electron chi connectivity index (χ2n) is 6.11. The number of halogens is 1. The molecule has 0 bridgehead atoms. The van der Waals surface area contributed by atoms with Gasteiger partial charge in [0.2, 0.25) is 11.8 Å². The van der Waals surface area contributed by atoms with E-state index in [1.54, 1.807) is 18.2 Å². The number of anilines is 1. The lowest BCUT2D eigenvalue weighted by Crippen LogP contribution is -2.51. The summed E-state index contributed by atoms with van der Waals surface area (Å²) in [5.41, 5.74) is -0.318. The average molecular weight is 322 g/mol. The van der Waals surface area contributed by atoms with Crippen molar-refractivity contribution in [1.29, 1.82) is 0 Å². The zero-order valence-electron chi connectivity index (χ0n) is 12.6. The number of nitrogens with zero attached hydrogens (tertiary/aromatic N) is 2. The third kappa shape index (κ3) is 2.83. The summed E-state index contributed by atoms with van der Waals surface area (Å²) in [7, 11) is 2.04. The van der Waals surface area contributed by atoms with Crippen LogP contribution >= 0.6 is 11.6 Å². The standard InChI is InChI=1S/C16H20ClN3O2/c1-19-8-10-20(11-9-19)15(22)16(6-7-16)14(21)18-13-5-3-2-4-12(13)17/h2-5H,6-11H2,1H3,(H,18,21). The van der Waals surface area contributed by atoms with E-state index in [9.17, 15) is 9.59 Å². The molecule has 6 heteroatoms. The fraction of sp³-hybridized carbons (Fsp3) is 0.500. The zero-order valence-corrected chi connectivity index (χ0v) is 13.4. The van der Waals surface area contributed by atoms with E-state index in [1.165, 1.54) is 0 Å². The highest BCUT2D eigenvalue weighted by atomic mass is 35.5. The van der Waals surface area contributed by atoms with Crippen molar-refractivity contribution in [2.24, 2.45) is 5.41 Å². The molecule has 1 N–H and O–H groups in total. The number of piperazine rings is 1. The molecule has 1 aromatic carbocycles. The highest BCUT2D eigenvalue weighted by Crippen LogP contribution is 2.48. The van der Waals surface area contributed by atoms with Gasteiger partial charge in [-0.25, -0.2) is 0 Å². The van der Waals surface area contributed by atoms with Gasteiger partial charge in [0, 0.05) is 26.2 Å². The first-order chi connectivity index (χ1) is 10.5. The van der Waals surface area contributed by atoms with Crippen LogP contribution in [0, 0.1) is 5.41 Å². The summed E-state index contributed by atoms with van der Waals surface area (Å²) in [5.74, 6) is -0.269. The van der Waals surface area contributed by atoms with Crippen LogP contribution in [0.25, 0.3) is 0 Å². The van der Waals surface area contributed by atoms with E-state index in [0.717, 1.165) is 13.1 Å². The van der Waals surface area contributed by atoms with Crippen LogP contribution in [0.2, 0.25) is 5.02 Å². The zero-order chi connectivity index (χ0) is 15.7. The van der Waals surface area contributed by atoms with Gasteiger partial charge in [-0.2, -0.15) is 0 Å². The number of rotatable bonds is 3. The summed E-state index contributed by atoms with van der Waals surface area (Å²) in [6.45, 7) is 3.09. The molecular formula is C16H20ClN3O2. The van der Waals surface area contributed by atoms with Gasteiger partial charge >= 0.3 is 0 Å². The van der Waals surface area contributed by atoms with E-state index >= 15 is 0 Å². The molecule has 1 aliphatic carbocycles. The lowest BCUT2D eigenvalue weighted by atomic mass is 10.0. The van der Waals surface area contributed by atoms with Crippen LogP contribution < -0.4 is 5.32 Å². The SMILES string of the molecule is CN1CCN(C(=O)C2(C(=O)Nc3ccccc3Cl)CC2)CC1. The fourth-order valence-corrected chi connectivity index (χ4v) is 2.96. The second kappa shape index (κ2) is 5.89. The number of benzene rings is 1. The Morgan fingerprint density at radius 2 is 1.77 bits per heavy atom. The minimum Gasteiger partial charge on any atom is -0.339 e. The molecule has 1 aliphatic heterocycles. The van der Waals surface area contributed by atoms with E-state index in [0.29, 0.717) is 36.6 Å². The third-order valence-electron chi connectivity index (χ3n) is 4.51. The highest BCUT2D eigenvalue weighted by Gasteiger charge is 2.58. The van der Waals surface area contributed by atoms with Gasteiger partial charge in [0.05, 0.1) is 10.7 Å². The Kier molecular flexibility index (Phi) is 4.10. The fourth-order valence-electron chi connectivity index (χ4n) is 2.78. The van der Waals surface area contributed by atoms with Gasteiger partial charge in [-0.1, -0.05) is 23.7 Å². The number of hydrogen-bond donors (Lipinski definition) is 1. The average Bonchev–Trinajstić information content (AvgIpc) is 3.31. The molecule has 0 spiro atoms. The third-order valence-corrected chi connectivity index (χ3v) is 4.84. The van der Waals surface area contributed by atoms with Crippen molar-refractivity contribution in [2.45, 2.75) is 12.8 Å². The maximum atomic E-state index is 12.7. The summed E-state index contributed by atoms with van der Waals surface area (Å²) in [4.78, 5) is 29.3. The minimum atomic E-state index is -0.880. The van der Waals surface area contributed by atoms with Gasteiger partial charge < -0.3 is 15.1 Å². The van der Waals surface area contributed by atoms with Crippen LogP contribution in [0.15, 0.2) is 24.3 Å². The highest BCUT2D eigenvalue weighted by molar-refractivity contribution is 6.34. The largest absolute Gasteiger partial charge is 0.339 e.